The largest absolute Gasteiger partial charge is 0.0616 e. The van der Waals surface area contributed by atoms with E-state index < -0.39 is 15.8 Å². The van der Waals surface area contributed by atoms with Crippen LogP contribution in [0.15, 0.2) is 121 Å². The van der Waals surface area contributed by atoms with Gasteiger partial charge in [0.2, 0.25) is 0 Å². The Morgan fingerprint density at radius 1 is 0.533 bits per heavy atom. The Balaban J connectivity index is 1.41. The molecule has 1 aliphatic carbocycles. The molecule has 1 fully saturated rings. The first kappa shape index (κ1) is 30.4. The predicted octanol–water partition coefficient (Wildman–Crippen LogP) is 10.3. The van der Waals surface area contributed by atoms with Crippen LogP contribution in [0.5, 0.6) is 0 Å². The second kappa shape index (κ2) is 12.8. The van der Waals surface area contributed by atoms with Gasteiger partial charge in [0.25, 0.3) is 0 Å². The highest BCUT2D eigenvalue weighted by Crippen LogP contribution is 2.57. The lowest BCUT2D eigenvalue weighted by molar-refractivity contribution is 0.549. The highest BCUT2D eigenvalue weighted by atomic mass is 31.1. The van der Waals surface area contributed by atoms with Crippen LogP contribution in [-0.2, 0) is 0 Å². The summed E-state index contributed by atoms with van der Waals surface area (Å²) in [4.78, 5) is 0. The summed E-state index contributed by atoms with van der Waals surface area (Å²) in [6.07, 6.45) is 3.93. The van der Waals surface area contributed by atoms with Gasteiger partial charge in [0.15, 0.2) is 0 Å². The molecule has 0 aromatic heterocycles. The van der Waals surface area contributed by atoms with Crippen LogP contribution in [-0.4, -0.2) is 11.3 Å². The average Bonchev–Trinajstić information content (AvgIpc) is 3.50. The van der Waals surface area contributed by atoms with Gasteiger partial charge in [-0.15, -0.1) is 0 Å². The van der Waals surface area contributed by atoms with Crippen molar-refractivity contribution in [1.29, 1.82) is 0 Å². The van der Waals surface area contributed by atoms with Crippen molar-refractivity contribution in [3.8, 4) is 0 Å². The van der Waals surface area contributed by atoms with Crippen molar-refractivity contribution < 1.29 is 0 Å². The molecule has 2 heteroatoms. The van der Waals surface area contributed by atoms with Crippen LogP contribution < -0.4 is 21.2 Å². The molecular formula is C43H44P2. The normalized spacial score (nSPS) is 17.5. The fourth-order valence-electron chi connectivity index (χ4n) is 8.17. The van der Waals surface area contributed by atoms with Crippen molar-refractivity contribution in [3.63, 3.8) is 0 Å². The van der Waals surface area contributed by atoms with Crippen LogP contribution in [0.4, 0.5) is 0 Å². The summed E-state index contributed by atoms with van der Waals surface area (Å²) in [5, 5.41) is 11.8. The molecule has 1 saturated carbocycles. The molecule has 0 N–H and O–H groups in total. The van der Waals surface area contributed by atoms with Crippen molar-refractivity contribution >= 4 is 58.6 Å². The van der Waals surface area contributed by atoms with Gasteiger partial charge in [0.1, 0.15) is 0 Å². The Morgan fingerprint density at radius 2 is 0.978 bits per heavy atom. The molecule has 3 atom stereocenters. The molecule has 0 spiro atoms. The molecule has 0 amide bonds. The van der Waals surface area contributed by atoms with Crippen molar-refractivity contribution in [2.24, 2.45) is 5.92 Å². The fraction of sp³-hybridized carbons (Fsp3) is 0.256. The summed E-state index contributed by atoms with van der Waals surface area (Å²) >= 11 is 0. The number of aryl methyl sites for hydroxylation is 4. The standard InChI is InChI=1S/C43H44P2/c1-29-23-30(2)26-36(25-29)44(37-27-31(3)24-32(4)28-37)33(5)38-19-12-22-41(38)45(42-20-10-15-34-13-6-8-17-39(34)42)43-21-11-16-35-14-7-9-18-40(35)43/h6-11,13-18,20-21,23-28,33,38,41H,12,19,22H2,1-5H3/t33-,38?,41?/m0/s1. The lowest BCUT2D eigenvalue weighted by Crippen LogP contribution is -2.33. The van der Waals surface area contributed by atoms with E-state index >= 15 is 0 Å². The smallest absolute Gasteiger partial charge is 0.00939 e. The Morgan fingerprint density at radius 3 is 1.47 bits per heavy atom. The number of benzene rings is 6. The molecule has 0 radical (unpaired) electrons. The third-order valence-electron chi connectivity index (χ3n) is 9.91. The molecule has 0 heterocycles. The maximum absolute atomic E-state index is 2.61. The minimum absolute atomic E-state index is 0.536. The molecule has 226 valence electrons. The molecule has 0 aliphatic heterocycles. The minimum atomic E-state index is -0.600. The lowest BCUT2D eigenvalue weighted by atomic mass is 10.0. The first-order valence-corrected chi connectivity index (χ1v) is 19.4. The van der Waals surface area contributed by atoms with E-state index in [-0.39, 0.29) is 0 Å². The first-order chi connectivity index (χ1) is 21.9. The molecule has 1 aliphatic rings. The Hall–Kier alpha value is -3.30. The van der Waals surface area contributed by atoms with Gasteiger partial charge >= 0.3 is 0 Å². The highest BCUT2D eigenvalue weighted by molar-refractivity contribution is 7.75. The second-order valence-corrected chi connectivity index (χ2v) is 18.3. The van der Waals surface area contributed by atoms with Gasteiger partial charge < -0.3 is 0 Å². The van der Waals surface area contributed by atoms with E-state index in [1.165, 1.54) is 63.1 Å². The highest BCUT2D eigenvalue weighted by Gasteiger charge is 2.42. The topological polar surface area (TPSA) is 0 Å². The quantitative estimate of drug-likeness (QED) is 0.155. The van der Waals surface area contributed by atoms with Crippen LogP contribution in [0.1, 0.15) is 48.4 Å². The number of fused-ring (bicyclic) bond motifs is 2. The molecule has 0 nitrogen and oxygen atoms in total. The third kappa shape index (κ3) is 6.01. The van der Waals surface area contributed by atoms with Gasteiger partial charge in [-0.2, -0.15) is 0 Å². The number of hydrogen-bond acceptors (Lipinski definition) is 0. The molecule has 6 aromatic carbocycles. The van der Waals surface area contributed by atoms with Crippen molar-refractivity contribution in [2.45, 2.75) is 65.2 Å². The maximum Gasteiger partial charge on any atom is -0.00939 e. The fourth-order valence-corrected chi connectivity index (χ4v) is 15.3. The zero-order valence-electron chi connectivity index (χ0n) is 27.3. The molecule has 6 aromatic rings. The van der Waals surface area contributed by atoms with Crippen LogP contribution in [0.25, 0.3) is 21.5 Å². The van der Waals surface area contributed by atoms with Crippen LogP contribution in [0.3, 0.4) is 0 Å². The molecule has 0 saturated heterocycles. The minimum Gasteiger partial charge on any atom is -0.0616 e. The monoisotopic (exact) mass is 622 g/mol. The van der Waals surface area contributed by atoms with E-state index in [4.69, 9.17) is 0 Å². The summed E-state index contributed by atoms with van der Waals surface area (Å²) in [5.74, 6) is 0.654. The van der Waals surface area contributed by atoms with Gasteiger partial charge in [-0.1, -0.05) is 157 Å². The van der Waals surface area contributed by atoms with Crippen LogP contribution in [0, 0.1) is 33.6 Å². The van der Waals surface area contributed by atoms with E-state index in [0.29, 0.717) is 17.2 Å². The first-order valence-electron chi connectivity index (χ1n) is 16.6. The lowest BCUT2D eigenvalue weighted by Gasteiger charge is -2.38. The Labute approximate surface area is 272 Å². The number of rotatable bonds is 7. The molecule has 0 bridgehead atoms. The van der Waals surface area contributed by atoms with E-state index in [9.17, 15) is 0 Å². The van der Waals surface area contributed by atoms with E-state index in [1.807, 2.05) is 0 Å². The van der Waals surface area contributed by atoms with Gasteiger partial charge in [0, 0.05) is 0 Å². The van der Waals surface area contributed by atoms with Gasteiger partial charge in [-0.05, 0) is 116 Å². The molecule has 2 unspecified atom stereocenters. The van der Waals surface area contributed by atoms with Gasteiger partial charge in [0.05, 0.1) is 0 Å². The van der Waals surface area contributed by atoms with Crippen molar-refractivity contribution in [3.05, 3.63) is 144 Å². The second-order valence-electron chi connectivity index (χ2n) is 13.3. The zero-order chi connectivity index (χ0) is 31.1. The summed E-state index contributed by atoms with van der Waals surface area (Å²) in [5.41, 5.74) is 6.73. The van der Waals surface area contributed by atoms with Crippen LogP contribution in [0.2, 0.25) is 0 Å². The summed E-state index contributed by atoms with van der Waals surface area (Å²) < 4.78 is 0. The third-order valence-corrected chi connectivity index (χ3v) is 15.9. The van der Waals surface area contributed by atoms with E-state index in [0.717, 1.165) is 0 Å². The SMILES string of the molecule is Cc1cc(C)cc(P(c2cc(C)cc(C)c2)[C@@H](C)C2CCCC2P(c2cccc3ccccc23)c2cccc3ccccc23)c1. The average molecular weight is 623 g/mol. The molecule has 7 rings (SSSR count). The van der Waals surface area contributed by atoms with E-state index in [2.05, 4.69) is 156 Å². The maximum atomic E-state index is 2.61. The van der Waals surface area contributed by atoms with Gasteiger partial charge in [-0.25, -0.2) is 0 Å². The predicted molar refractivity (Wildman–Crippen MR) is 203 cm³/mol. The van der Waals surface area contributed by atoms with Gasteiger partial charge in [-0.3, -0.25) is 0 Å². The van der Waals surface area contributed by atoms with Crippen LogP contribution >= 0.6 is 15.8 Å². The zero-order valence-corrected chi connectivity index (χ0v) is 29.1. The van der Waals surface area contributed by atoms with Crippen molar-refractivity contribution in [1.82, 2.24) is 0 Å². The van der Waals surface area contributed by atoms with Crippen molar-refractivity contribution in [2.75, 3.05) is 0 Å². The summed E-state index contributed by atoms with van der Waals surface area (Å²) in [6, 6.07) is 47.0. The Bertz CT molecular complexity index is 1810. The summed E-state index contributed by atoms with van der Waals surface area (Å²) in [6.45, 7) is 11.7. The number of hydrogen-bond donors (Lipinski definition) is 0. The Kier molecular flexibility index (Phi) is 8.66. The van der Waals surface area contributed by atoms with E-state index in [1.54, 1.807) is 21.2 Å². The summed E-state index contributed by atoms with van der Waals surface area (Å²) in [7, 11) is -1.14. The molecular weight excluding hydrogens is 578 g/mol. The molecule has 45 heavy (non-hydrogen) atoms.